The highest BCUT2D eigenvalue weighted by molar-refractivity contribution is 5.92. The second-order valence-electron chi connectivity index (χ2n) is 3.41. The molecule has 1 rings (SSSR count). The van der Waals surface area contributed by atoms with Gasteiger partial charge in [-0.05, 0) is 6.07 Å². The molecular formula is C9H15N5O2. The maximum Gasteiger partial charge on any atom is 0.271 e. The van der Waals surface area contributed by atoms with E-state index in [2.05, 4.69) is 10.3 Å². The summed E-state index contributed by atoms with van der Waals surface area (Å²) in [4.78, 5) is 13.3. The number of aryl methyl sites for hydroxylation is 1. The van der Waals surface area contributed by atoms with Crippen molar-refractivity contribution in [3.05, 3.63) is 18.0 Å². The third kappa shape index (κ3) is 2.72. The van der Waals surface area contributed by atoms with Gasteiger partial charge in [0.1, 0.15) is 11.5 Å². The minimum atomic E-state index is -0.147. The van der Waals surface area contributed by atoms with Crippen molar-refractivity contribution in [2.75, 3.05) is 13.6 Å². The van der Waals surface area contributed by atoms with Crippen LogP contribution in [0.15, 0.2) is 17.4 Å². The molecule has 1 aromatic heterocycles. The number of amides is 1. The molecule has 7 heteroatoms. The summed E-state index contributed by atoms with van der Waals surface area (Å²) in [5.41, 5.74) is 5.82. The summed E-state index contributed by atoms with van der Waals surface area (Å²) in [6.07, 6.45) is 1.89. The molecule has 7 nitrogen and oxygen atoms in total. The molecule has 0 spiro atoms. The number of amidine groups is 1. The number of hydrogen-bond donors (Lipinski definition) is 2. The highest BCUT2D eigenvalue weighted by Crippen LogP contribution is 2.02. The molecule has 0 aromatic carbocycles. The van der Waals surface area contributed by atoms with E-state index in [1.807, 2.05) is 0 Å². The lowest BCUT2D eigenvalue weighted by Gasteiger charge is -2.16. The third-order valence-corrected chi connectivity index (χ3v) is 2.22. The molecule has 0 bridgehead atoms. The van der Waals surface area contributed by atoms with E-state index >= 15 is 0 Å². The van der Waals surface area contributed by atoms with E-state index in [9.17, 15) is 4.79 Å². The Balaban J connectivity index is 2.58. The summed E-state index contributed by atoms with van der Waals surface area (Å²) in [5.74, 6) is -0.0459. The molecule has 0 saturated carbocycles. The highest BCUT2D eigenvalue weighted by Gasteiger charge is 2.14. The van der Waals surface area contributed by atoms with E-state index in [0.717, 1.165) is 0 Å². The van der Waals surface area contributed by atoms with Gasteiger partial charge in [-0.15, -0.1) is 0 Å². The van der Waals surface area contributed by atoms with E-state index < -0.39 is 0 Å². The van der Waals surface area contributed by atoms with Crippen molar-refractivity contribution in [2.24, 2.45) is 17.9 Å². The van der Waals surface area contributed by atoms with E-state index in [-0.39, 0.29) is 11.7 Å². The molecule has 0 saturated heterocycles. The van der Waals surface area contributed by atoms with Crippen LogP contribution in [0.5, 0.6) is 0 Å². The zero-order valence-electron chi connectivity index (χ0n) is 9.29. The van der Waals surface area contributed by atoms with Gasteiger partial charge in [0.2, 0.25) is 0 Å². The topological polar surface area (TPSA) is 96.7 Å². The van der Waals surface area contributed by atoms with Gasteiger partial charge in [-0.3, -0.25) is 9.48 Å². The first-order valence-corrected chi connectivity index (χ1v) is 4.76. The van der Waals surface area contributed by atoms with Gasteiger partial charge in [0.15, 0.2) is 0 Å². The zero-order valence-corrected chi connectivity index (χ0v) is 9.29. The van der Waals surface area contributed by atoms with Crippen molar-refractivity contribution in [2.45, 2.75) is 6.42 Å². The lowest BCUT2D eigenvalue weighted by Crippen LogP contribution is -2.31. The first kappa shape index (κ1) is 12.0. The molecule has 0 fully saturated rings. The van der Waals surface area contributed by atoms with Crippen molar-refractivity contribution in [1.82, 2.24) is 14.7 Å². The maximum atomic E-state index is 11.8. The van der Waals surface area contributed by atoms with Crippen molar-refractivity contribution in [3.8, 4) is 0 Å². The SMILES string of the molecule is CN(CCC(N)=NO)C(=O)c1ccnn1C. The van der Waals surface area contributed by atoms with E-state index in [0.29, 0.717) is 18.7 Å². The molecule has 16 heavy (non-hydrogen) atoms. The van der Waals surface area contributed by atoms with Crippen LogP contribution in [0.25, 0.3) is 0 Å². The monoisotopic (exact) mass is 225 g/mol. The molecule has 0 atom stereocenters. The lowest BCUT2D eigenvalue weighted by atomic mass is 10.3. The van der Waals surface area contributed by atoms with Crippen LogP contribution < -0.4 is 5.73 Å². The van der Waals surface area contributed by atoms with Crippen LogP contribution in [0.4, 0.5) is 0 Å². The van der Waals surface area contributed by atoms with Crippen LogP contribution in [-0.4, -0.2) is 45.2 Å². The van der Waals surface area contributed by atoms with Gasteiger partial charge in [0.25, 0.3) is 5.91 Å². The van der Waals surface area contributed by atoms with Crippen LogP contribution in [0, 0.1) is 0 Å². The van der Waals surface area contributed by atoms with Gasteiger partial charge in [-0.1, -0.05) is 5.16 Å². The number of carbonyl (C=O) groups excluding carboxylic acids is 1. The van der Waals surface area contributed by atoms with Crippen LogP contribution >= 0.6 is 0 Å². The fourth-order valence-electron chi connectivity index (χ4n) is 1.21. The Labute approximate surface area is 93.1 Å². The van der Waals surface area contributed by atoms with Gasteiger partial charge >= 0.3 is 0 Å². The fraction of sp³-hybridized carbons (Fsp3) is 0.444. The molecule has 3 N–H and O–H groups in total. The lowest BCUT2D eigenvalue weighted by molar-refractivity contribution is 0.0787. The molecule has 0 radical (unpaired) electrons. The van der Waals surface area contributed by atoms with Crippen LogP contribution in [0.3, 0.4) is 0 Å². The van der Waals surface area contributed by atoms with Crippen molar-refractivity contribution < 1.29 is 10.0 Å². The van der Waals surface area contributed by atoms with Gasteiger partial charge < -0.3 is 15.8 Å². The minimum Gasteiger partial charge on any atom is -0.409 e. The standard InChI is InChI=1S/C9H15N5O2/c1-13(6-4-8(10)12-16)9(15)7-3-5-11-14(7)2/h3,5,16H,4,6H2,1-2H3,(H2,10,12). The Morgan fingerprint density at radius 2 is 2.44 bits per heavy atom. The highest BCUT2D eigenvalue weighted by atomic mass is 16.4. The van der Waals surface area contributed by atoms with E-state index in [1.54, 1.807) is 26.4 Å². The van der Waals surface area contributed by atoms with Crippen molar-refractivity contribution in [3.63, 3.8) is 0 Å². The largest absolute Gasteiger partial charge is 0.409 e. The smallest absolute Gasteiger partial charge is 0.271 e. The Bertz CT molecular complexity index is 398. The molecule has 0 unspecified atom stereocenters. The Hall–Kier alpha value is -2.05. The van der Waals surface area contributed by atoms with Crippen molar-refractivity contribution >= 4 is 11.7 Å². The van der Waals surface area contributed by atoms with E-state index in [4.69, 9.17) is 10.9 Å². The minimum absolute atomic E-state index is 0.102. The number of rotatable bonds is 4. The summed E-state index contributed by atoms with van der Waals surface area (Å²) in [6.45, 7) is 0.389. The molecule has 0 aliphatic heterocycles. The summed E-state index contributed by atoms with van der Waals surface area (Å²) >= 11 is 0. The van der Waals surface area contributed by atoms with Crippen LogP contribution in [0.1, 0.15) is 16.9 Å². The predicted octanol–water partition coefficient (Wildman–Crippen LogP) is -0.371. The van der Waals surface area contributed by atoms with Crippen LogP contribution in [0.2, 0.25) is 0 Å². The zero-order chi connectivity index (χ0) is 12.1. The Kier molecular flexibility index (Phi) is 3.87. The molecule has 88 valence electrons. The second kappa shape index (κ2) is 5.15. The average Bonchev–Trinajstić information content (AvgIpc) is 2.70. The van der Waals surface area contributed by atoms with Crippen molar-refractivity contribution in [1.29, 1.82) is 0 Å². The van der Waals surface area contributed by atoms with Gasteiger partial charge in [0, 0.05) is 33.3 Å². The first-order chi connectivity index (χ1) is 7.56. The maximum absolute atomic E-state index is 11.8. The molecule has 0 aliphatic carbocycles. The molecule has 1 aromatic rings. The van der Waals surface area contributed by atoms with Crippen LogP contribution in [-0.2, 0) is 7.05 Å². The summed E-state index contributed by atoms with van der Waals surface area (Å²) in [5, 5.41) is 15.1. The average molecular weight is 225 g/mol. The normalized spacial score (nSPS) is 11.5. The third-order valence-electron chi connectivity index (χ3n) is 2.22. The quantitative estimate of drug-likeness (QED) is 0.316. The fourth-order valence-corrected chi connectivity index (χ4v) is 1.21. The summed E-state index contributed by atoms with van der Waals surface area (Å²) < 4.78 is 1.50. The predicted molar refractivity (Wildman–Crippen MR) is 58.2 cm³/mol. The molecule has 1 amide bonds. The summed E-state index contributed by atoms with van der Waals surface area (Å²) in [7, 11) is 3.35. The molecule has 1 heterocycles. The number of carbonyl (C=O) groups is 1. The Morgan fingerprint density at radius 1 is 1.75 bits per heavy atom. The number of oxime groups is 1. The van der Waals surface area contributed by atoms with Gasteiger partial charge in [-0.25, -0.2) is 0 Å². The molecule has 0 aliphatic rings. The number of nitrogens with two attached hydrogens (primary N) is 1. The second-order valence-corrected chi connectivity index (χ2v) is 3.41. The first-order valence-electron chi connectivity index (χ1n) is 4.76. The van der Waals surface area contributed by atoms with Gasteiger partial charge in [0.05, 0.1) is 0 Å². The van der Waals surface area contributed by atoms with E-state index in [1.165, 1.54) is 9.58 Å². The summed E-state index contributed by atoms with van der Waals surface area (Å²) in [6, 6.07) is 1.64. The van der Waals surface area contributed by atoms with Gasteiger partial charge in [-0.2, -0.15) is 5.10 Å². The number of aromatic nitrogens is 2. The number of hydrogen-bond acceptors (Lipinski definition) is 4. The Morgan fingerprint density at radius 3 is 2.94 bits per heavy atom. The molecular weight excluding hydrogens is 210 g/mol. The number of nitrogens with zero attached hydrogens (tertiary/aromatic N) is 4.